The van der Waals surface area contributed by atoms with E-state index in [0.717, 1.165) is 11.1 Å². The van der Waals surface area contributed by atoms with E-state index in [1.54, 1.807) is 54.6 Å². The van der Waals surface area contributed by atoms with Gasteiger partial charge in [-0.2, -0.15) is 0 Å². The second-order valence-electron chi connectivity index (χ2n) is 8.29. The highest BCUT2D eigenvalue weighted by Crippen LogP contribution is 2.36. The molecule has 0 saturated heterocycles. The lowest BCUT2D eigenvalue weighted by molar-refractivity contribution is 0.0736. The number of ketones is 1. The molecule has 0 N–H and O–H groups in total. The third-order valence-electron chi connectivity index (χ3n) is 5.79. The molecule has 0 amide bonds. The Balaban J connectivity index is 1.41. The Kier molecular flexibility index (Phi) is 6.95. The first-order valence-electron chi connectivity index (χ1n) is 12.0. The van der Waals surface area contributed by atoms with Crippen LogP contribution in [0.4, 0.5) is 0 Å². The van der Waals surface area contributed by atoms with Crippen molar-refractivity contribution in [2.24, 2.45) is 0 Å². The van der Waals surface area contributed by atoms with E-state index >= 15 is 0 Å². The highest BCUT2D eigenvalue weighted by Gasteiger charge is 2.24. The Morgan fingerprint density at radius 2 is 1.49 bits per heavy atom. The maximum Gasteiger partial charge on any atom is 0.348 e. The molecule has 0 fully saturated rings. The van der Waals surface area contributed by atoms with E-state index in [1.165, 1.54) is 6.08 Å². The van der Waals surface area contributed by atoms with Crippen LogP contribution in [0, 0.1) is 0 Å². The quantitative estimate of drug-likeness (QED) is 0.0973. The van der Waals surface area contributed by atoms with Crippen molar-refractivity contribution in [3.63, 3.8) is 0 Å². The molecule has 1 aromatic heterocycles. The van der Waals surface area contributed by atoms with E-state index in [1.807, 2.05) is 61.5 Å². The number of carbonyl (C=O) groups is 2. The maximum atomic E-state index is 13.4. The Bertz CT molecular complexity index is 1560. The monoisotopic (exact) mass is 488 g/mol. The molecule has 37 heavy (non-hydrogen) atoms. The van der Waals surface area contributed by atoms with Crippen molar-refractivity contribution in [1.82, 2.24) is 0 Å². The van der Waals surface area contributed by atoms with Gasteiger partial charge in [0.1, 0.15) is 28.4 Å². The Labute approximate surface area is 214 Å². The zero-order valence-electron chi connectivity index (χ0n) is 20.2. The van der Waals surface area contributed by atoms with Gasteiger partial charge in [0.15, 0.2) is 5.78 Å². The van der Waals surface area contributed by atoms with Crippen LogP contribution in [0.3, 0.4) is 0 Å². The van der Waals surface area contributed by atoms with Gasteiger partial charge in [0, 0.05) is 16.5 Å². The summed E-state index contributed by atoms with van der Waals surface area (Å²) in [6.45, 7) is 2.41. The fourth-order valence-electron chi connectivity index (χ4n) is 4.00. The summed E-state index contributed by atoms with van der Waals surface area (Å²) in [5, 5.41) is 0.619. The third-order valence-corrected chi connectivity index (χ3v) is 5.79. The van der Waals surface area contributed by atoms with Crippen molar-refractivity contribution in [2.75, 3.05) is 6.61 Å². The summed E-state index contributed by atoms with van der Waals surface area (Å²) in [6.07, 6.45) is 3.25. The number of fused-ring (bicyclic) bond motifs is 1. The molecule has 0 aliphatic rings. The van der Waals surface area contributed by atoms with Crippen molar-refractivity contribution >= 4 is 28.8 Å². The Morgan fingerprint density at radius 1 is 0.811 bits per heavy atom. The molecule has 0 unspecified atom stereocenters. The van der Waals surface area contributed by atoms with Crippen LogP contribution in [-0.2, 0) is 0 Å². The van der Waals surface area contributed by atoms with Gasteiger partial charge in [0.25, 0.3) is 0 Å². The lowest BCUT2D eigenvalue weighted by Gasteiger charge is -2.07. The van der Waals surface area contributed by atoms with Crippen molar-refractivity contribution in [2.45, 2.75) is 6.92 Å². The smallest absolute Gasteiger partial charge is 0.348 e. The normalized spacial score (nSPS) is 11.1. The van der Waals surface area contributed by atoms with Crippen LogP contribution >= 0.6 is 0 Å². The zero-order chi connectivity index (χ0) is 25.6. The van der Waals surface area contributed by atoms with Crippen molar-refractivity contribution < 1.29 is 23.5 Å². The van der Waals surface area contributed by atoms with E-state index in [9.17, 15) is 9.59 Å². The summed E-state index contributed by atoms with van der Waals surface area (Å²) >= 11 is 0. The van der Waals surface area contributed by atoms with Crippen LogP contribution in [0.5, 0.6) is 11.5 Å². The molecule has 182 valence electrons. The van der Waals surface area contributed by atoms with Gasteiger partial charge >= 0.3 is 5.97 Å². The van der Waals surface area contributed by atoms with Crippen molar-refractivity contribution in [1.29, 1.82) is 0 Å². The summed E-state index contributed by atoms with van der Waals surface area (Å²) in [5.74, 6) is 0.848. The highest BCUT2D eigenvalue weighted by molar-refractivity contribution is 6.10. The number of benzene rings is 4. The first-order chi connectivity index (χ1) is 18.1. The molecule has 0 atom stereocenters. The predicted octanol–water partition coefficient (Wildman–Crippen LogP) is 7.61. The average molecular weight is 489 g/mol. The Morgan fingerprint density at radius 3 is 2.19 bits per heavy atom. The SMILES string of the molecule is CCOc1ccc2oc(-c3ccccc3)c(C(=O)Oc3ccc(/C=C/C(=O)c4ccccc4)cc3)c2c1. The maximum absolute atomic E-state index is 13.4. The number of hydrogen-bond acceptors (Lipinski definition) is 5. The van der Waals surface area contributed by atoms with E-state index in [-0.39, 0.29) is 5.78 Å². The lowest BCUT2D eigenvalue weighted by atomic mass is 10.1. The van der Waals surface area contributed by atoms with Gasteiger partial charge in [-0.15, -0.1) is 0 Å². The van der Waals surface area contributed by atoms with Crippen molar-refractivity contribution in [3.05, 3.63) is 126 Å². The Hall–Kier alpha value is -4.90. The van der Waals surface area contributed by atoms with Crippen LogP contribution in [0.1, 0.15) is 33.2 Å². The summed E-state index contributed by atoms with van der Waals surface area (Å²) < 4.78 is 17.5. The number of esters is 1. The standard InChI is InChI=1S/C32H24O5/c1-2-35-26-18-20-29-27(21-26)30(31(37-29)24-11-7-4-8-12-24)32(34)36-25-16-13-22(14-17-25)15-19-28(33)23-9-5-3-6-10-23/h3-21H,2H2,1H3/b19-15+. The number of carbonyl (C=O) groups excluding carboxylic acids is 2. The minimum absolute atomic E-state index is 0.0807. The molecular weight excluding hydrogens is 464 g/mol. The van der Waals surface area contributed by atoms with E-state index in [2.05, 4.69) is 0 Å². The fraction of sp³-hybridized carbons (Fsp3) is 0.0625. The minimum Gasteiger partial charge on any atom is -0.494 e. The van der Waals surface area contributed by atoms with Gasteiger partial charge in [-0.25, -0.2) is 4.79 Å². The molecule has 5 nitrogen and oxygen atoms in total. The zero-order valence-corrected chi connectivity index (χ0v) is 20.2. The number of ether oxygens (including phenoxy) is 2. The van der Waals surface area contributed by atoms with Crippen LogP contribution in [0.2, 0.25) is 0 Å². The fourth-order valence-corrected chi connectivity index (χ4v) is 4.00. The predicted molar refractivity (Wildman–Crippen MR) is 144 cm³/mol. The molecule has 5 rings (SSSR count). The number of allylic oxidation sites excluding steroid dienone is 1. The second kappa shape index (κ2) is 10.8. The number of rotatable bonds is 8. The second-order valence-corrected chi connectivity index (χ2v) is 8.29. The largest absolute Gasteiger partial charge is 0.494 e. The molecular formula is C32H24O5. The molecule has 0 saturated carbocycles. The first-order valence-corrected chi connectivity index (χ1v) is 12.0. The molecule has 4 aromatic carbocycles. The van der Waals surface area contributed by atoms with Crippen LogP contribution in [0.25, 0.3) is 28.4 Å². The average Bonchev–Trinajstić information content (AvgIpc) is 3.33. The summed E-state index contributed by atoms with van der Waals surface area (Å²) in [7, 11) is 0. The summed E-state index contributed by atoms with van der Waals surface area (Å²) in [6, 6.07) is 30.9. The van der Waals surface area contributed by atoms with Gasteiger partial charge in [-0.1, -0.05) is 78.9 Å². The van der Waals surface area contributed by atoms with Gasteiger partial charge in [0.05, 0.1) is 6.61 Å². The van der Waals surface area contributed by atoms with E-state index in [0.29, 0.717) is 46.0 Å². The van der Waals surface area contributed by atoms with Gasteiger partial charge in [0.2, 0.25) is 0 Å². The third kappa shape index (κ3) is 5.36. The molecule has 0 spiro atoms. The van der Waals surface area contributed by atoms with E-state index in [4.69, 9.17) is 13.9 Å². The minimum atomic E-state index is -0.534. The molecule has 0 bridgehead atoms. The van der Waals surface area contributed by atoms with Gasteiger partial charge in [-0.3, -0.25) is 4.79 Å². The lowest BCUT2D eigenvalue weighted by Crippen LogP contribution is -2.09. The first kappa shape index (κ1) is 23.8. The highest BCUT2D eigenvalue weighted by atomic mass is 16.5. The molecule has 0 aliphatic carbocycles. The van der Waals surface area contributed by atoms with Gasteiger partial charge in [-0.05, 0) is 48.9 Å². The van der Waals surface area contributed by atoms with Crippen LogP contribution in [0.15, 0.2) is 114 Å². The van der Waals surface area contributed by atoms with Crippen LogP contribution in [-0.4, -0.2) is 18.4 Å². The summed E-state index contributed by atoms with van der Waals surface area (Å²) in [4.78, 5) is 25.7. The number of hydrogen-bond donors (Lipinski definition) is 0. The van der Waals surface area contributed by atoms with Crippen molar-refractivity contribution in [3.8, 4) is 22.8 Å². The number of furan rings is 1. The molecule has 0 radical (unpaired) electrons. The molecule has 0 aliphatic heterocycles. The van der Waals surface area contributed by atoms with Gasteiger partial charge < -0.3 is 13.9 Å². The summed E-state index contributed by atoms with van der Waals surface area (Å²) in [5.41, 5.74) is 3.10. The molecule has 5 heteroatoms. The molecule has 5 aromatic rings. The topological polar surface area (TPSA) is 65.7 Å². The van der Waals surface area contributed by atoms with E-state index < -0.39 is 5.97 Å². The van der Waals surface area contributed by atoms with Crippen LogP contribution < -0.4 is 9.47 Å². The molecule has 1 heterocycles.